The van der Waals surface area contributed by atoms with Crippen LogP contribution in [-0.2, 0) is 27.2 Å². The maximum absolute atomic E-state index is 12.9. The van der Waals surface area contributed by atoms with Crippen molar-refractivity contribution in [3.63, 3.8) is 0 Å². The SMILES string of the molecule is CCOC(=O)c1c(NC(=O)C[C@H](NC(=O)C(F)(F)F)c2ccc(OC)cc2)sc2c1CCC2. The molecule has 1 aromatic heterocycles. The van der Waals surface area contributed by atoms with Gasteiger partial charge in [-0.3, -0.25) is 9.59 Å². The molecule has 3 rings (SSSR count). The molecule has 0 radical (unpaired) electrons. The number of methoxy groups -OCH3 is 1. The van der Waals surface area contributed by atoms with Crippen LogP contribution in [0.4, 0.5) is 18.2 Å². The van der Waals surface area contributed by atoms with Crippen molar-refractivity contribution in [3.8, 4) is 5.75 Å². The highest BCUT2D eigenvalue weighted by atomic mass is 32.1. The molecule has 2 aromatic rings. The van der Waals surface area contributed by atoms with Crippen LogP contribution in [0.2, 0.25) is 0 Å². The number of alkyl halides is 3. The van der Waals surface area contributed by atoms with Gasteiger partial charge in [0.05, 0.1) is 31.7 Å². The van der Waals surface area contributed by atoms with E-state index >= 15 is 0 Å². The highest BCUT2D eigenvalue weighted by molar-refractivity contribution is 7.17. The lowest BCUT2D eigenvalue weighted by atomic mass is 10.0. The van der Waals surface area contributed by atoms with Gasteiger partial charge in [0.25, 0.3) is 0 Å². The lowest BCUT2D eigenvalue weighted by Crippen LogP contribution is -2.40. The highest BCUT2D eigenvalue weighted by Crippen LogP contribution is 2.39. The quantitative estimate of drug-likeness (QED) is 0.549. The molecule has 7 nitrogen and oxygen atoms in total. The third-order valence-electron chi connectivity index (χ3n) is 5.12. The fourth-order valence-corrected chi connectivity index (χ4v) is 4.90. The van der Waals surface area contributed by atoms with Gasteiger partial charge >= 0.3 is 18.1 Å². The van der Waals surface area contributed by atoms with Crippen LogP contribution in [0.25, 0.3) is 0 Å². The summed E-state index contributed by atoms with van der Waals surface area (Å²) in [5.41, 5.74) is 1.43. The number of nitrogens with one attached hydrogen (secondary N) is 2. The largest absolute Gasteiger partial charge is 0.497 e. The number of benzene rings is 1. The summed E-state index contributed by atoms with van der Waals surface area (Å²) in [6.45, 7) is 1.84. The number of aryl methyl sites for hydroxylation is 1. The highest BCUT2D eigenvalue weighted by Gasteiger charge is 2.40. The van der Waals surface area contributed by atoms with Crippen LogP contribution in [0.15, 0.2) is 24.3 Å². The number of rotatable bonds is 8. The van der Waals surface area contributed by atoms with Crippen molar-refractivity contribution < 1.29 is 37.0 Å². The molecule has 1 aliphatic carbocycles. The van der Waals surface area contributed by atoms with Crippen molar-refractivity contribution in [2.24, 2.45) is 0 Å². The molecule has 1 aliphatic rings. The number of esters is 1. The number of hydrogen-bond donors (Lipinski definition) is 2. The first-order chi connectivity index (χ1) is 15.6. The average molecular weight is 484 g/mol. The molecule has 178 valence electrons. The average Bonchev–Trinajstić information content (AvgIpc) is 3.33. The topological polar surface area (TPSA) is 93.7 Å². The summed E-state index contributed by atoms with van der Waals surface area (Å²) in [5.74, 6) is -2.89. The van der Waals surface area contributed by atoms with Gasteiger partial charge in [-0.1, -0.05) is 12.1 Å². The van der Waals surface area contributed by atoms with Crippen LogP contribution < -0.4 is 15.4 Å². The number of anilines is 1. The van der Waals surface area contributed by atoms with E-state index in [0.717, 1.165) is 23.3 Å². The van der Waals surface area contributed by atoms with Crippen molar-refractivity contribution >= 4 is 34.1 Å². The van der Waals surface area contributed by atoms with Crippen molar-refractivity contribution in [1.29, 1.82) is 0 Å². The maximum Gasteiger partial charge on any atom is 0.471 e. The Labute approximate surface area is 192 Å². The van der Waals surface area contributed by atoms with Gasteiger partial charge < -0.3 is 20.1 Å². The van der Waals surface area contributed by atoms with E-state index in [0.29, 0.717) is 28.3 Å². The fourth-order valence-electron chi connectivity index (χ4n) is 3.60. The van der Waals surface area contributed by atoms with E-state index in [-0.39, 0.29) is 6.61 Å². The minimum absolute atomic E-state index is 0.167. The van der Waals surface area contributed by atoms with E-state index in [9.17, 15) is 27.6 Å². The molecular weight excluding hydrogens is 461 g/mol. The molecule has 11 heteroatoms. The number of thiophene rings is 1. The maximum atomic E-state index is 12.9. The van der Waals surface area contributed by atoms with Gasteiger partial charge in [-0.05, 0) is 49.4 Å². The molecular formula is C22H23F3N2O5S. The van der Waals surface area contributed by atoms with E-state index < -0.39 is 36.4 Å². The number of carbonyl (C=O) groups excluding carboxylic acids is 3. The van der Waals surface area contributed by atoms with E-state index in [1.54, 1.807) is 6.92 Å². The van der Waals surface area contributed by atoms with Gasteiger partial charge in [-0.15, -0.1) is 11.3 Å². The second-order valence-corrected chi connectivity index (χ2v) is 8.44. The Kier molecular flexibility index (Phi) is 7.62. The summed E-state index contributed by atoms with van der Waals surface area (Å²) >= 11 is 1.26. The Balaban J connectivity index is 1.82. The summed E-state index contributed by atoms with van der Waals surface area (Å²) in [6, 6.07) is 4.72. The Morgan fingerprint density at radius 3 is 2.45 bits per heavy atom. The minimum Gasteiger partial charge on any atom is -0.497 e. The fraction of sp³-hybridized carbons (Fsp3) is 0.409. The molecule has 0 aliphatic heterocycles. The van der Waals surface area contributed by atoms with Gasteiger partial charge in [-0.2, -0.15) is 13.2 Å². The predicted octanol–water partition coefficient (Wildman–Crippen LogP) is 4.17. The molecule has 33 heavy (non-hydrogen) atoms. The van der Waals surface area contributed by atoms with Gasteiger partial charge in [0.1, 0.15) is 10.8 Å². The van der Waals surface area contributed by atoms with Crippen molar-refractivity contribution in [2.75, 3.05) is 19.0 Å². The standard InChI is InChI=1S/C22H23F3N2O5S/c1-3-32-20(29)18-14-5-4-6-16(14)33-19(18)27-17(28)11-15(26-21(30)22(23,24)25)12-7-9-13(31-2)10-8-12/h7-10,15H,3-6,11H2,1-2H3,(H,26,30)(H,27,28)/t15-/m0/s1. The Hall–Kier alpha value is -3.08. The van der Waals surface area contributed by atoms with Gasteiger partial charge in [0.15, 0.2) is 0 Å². The Morgan fingerprint density at radius 1 is 1.15 bits per heavy atom. The molecule has 0 unspecified atom stereocenters. The molecule has 1 atom stereocenters. The smallest absolute Gasteiger partial charge is 0.471 e. The number of amides is 2. The number of fused-ring (bicyclic) bond motifs is 1. The molecule has 0 saturated heterocycles. The van der Waals surface area contributed by atoms with E-state index in [2.05, 4.69) is 5.32 Å². The molecule has 0 fully saturated rings. The second kappa shape index (κ2) is 10.2. The molecule has 0 saturated carbocycles. The van der Waals surface area contributed by atoms with Crippen LogP contribution >= 0.6 is 11.3 Å². The second-order valence-electron chi connectivity index (χ2n) is 7.33. The number of ether oxygens (including phenoxy) is 2. The van der Waals surface area contributed by atoms with Gasteiger partial charge in [0, 0.05) is 4.88 Å². The Bertz CT molecular complexity index is 1030. The lowest BCUT2D eigenvalue weighted by Gasteiger charge is -2.20. The summed E-state index contributed by atoms with van der Waals surface area (Å²) < 4.78 is 48.7. The van der Waals surface area contributed by atoms with Crippen LogP contribution in [0.3, 0.4) is 0 Å². The lowest BCUT2D eigenvalue weighted by molar-refractivity contribution is -0.174. The third-order valence-corrected chi connectivity index (χ3v) is 6.33. The summed E-state index contributed by atoms with van der Waals surface area (Å²) in [7, 11) is 1.44. The van der Waals surface area contributed by atoms with Crippen LogP contribution in [0, 0.1) is 0 Å². The zero-order valence-electron chi connectivity index (χ0n) is 18.0. The Morgan fingerprint density at radius 2 is 1.85 bits per heavy atom. The van der Waals surface area contributed by atoms with Crippen LogP contribution in [-0.4, -0.2) is 37.7 Å². The molecule has 0 bridgehead atoms. The molecule has 2 N–H and O–H groups in total. The van der Waals surface area contributed by atoms with Crippen LogP contribution in [0.1, 0.15) is 52.2 Å². The summed E-state index contributed by atoms with van der Waals surface area (Å²) in [5, 5.41) is 4.81. The summed E-state index contributed by atoms with van der Waals surface area (Å²) in [4.78, 5) is 37.8. The zero-order chi connectivity index (χ0) is 24.2. The monoisotopic (exact) mass is 484 g/mol. The van der Waals surface area contributed by atoms with E-state index in [1.165, 1.54) is 42.7 Å². The van der Waals surface area contributed by atoms with Gasteiger partial charge in [-0.25, -0.2) is 4.79 Å². The van der Waals surface area contributed by atoms with Crippen molar-refractivity contribution in [1.82, 2.24) is 5.32 Å². The van der Waals surface area contributed by atoms with Crippen LogP contribution in [0.5, 0.6) is 5.75 Å². The number of halogens is 3. The first-order valence-electron chi connectivity index (χ1n) is 10.3. The molecule has 1 heterocycles. The van der Waals surface area contributed by atoms with E-state index in [4.69, 9.17) is 9.47 Å². The first-order valence-corrected chi connectivity index (χ1v) is 11.1. The zero-order valence-corrected chi connectivity index (χ0v) is 18.8. The molecule has 1 aromatic carbocycles. The van der Waals surface area contributed by atoms with E-state index in [1.807, 2.05) is 5.32 Å². The number of hydrogen-bond acceptors (Lipinski definition) is 6. The van der Waals surface area contributed by atoms with Gasteiger partial charge in [0.2, 0.25) is 5.91 Å². The normalized spacial score (nSPS) is 13.7. The van der Waals surface area contributed by atoms with Crippen molar-refractivity contribution in [2.45, 2.75) is 44.8 Å². The molecule has 0 spiro atoms. The first kappa shape index (κ1) is 24.6. The molecule has 2 amide bonds. The number of carbonyl (C=O) groups is 3. The van der Waals surface area contributed by atoms with Crippen molar-refractivity contribution in [3.05, 3.63) is 45.8 Å². The summed E-state index contributed by atoms with van der Waals surface area (Å²) in [6.07, 6.45) is -3.22. The minimum atomic E-state index is -5.10. The predicted molar refractivity (Wildman–Crippen MR) is 115 cm³/mol. The third kappa shape index (κ3) is 5.84.